The van der Waals surface area contributed by atoms with E-state index >= 15 is 0 Å². The Kier molecular flexibility index (Phi) is 5.86. The summed E-state index contributed by atoms with van der Waals surface area (Å²) in [6.07, 6.45) is 11.2. The van der Waals surface area contributed by atoms with Crippen LogP contribution in [0, 0.1) is 0 Å². The Morgan fingerprint density at radius 2 is 1.88 bits per heavy atom. The second kappa shape index (κ2) is 8.11. The number of aliphatic hydroxyl groups is 1. The maximum atomic E-state index is 11.2. The van der Waals surface area contributed by atoms with Gasteiger partial charge in [0.25, 0.3) is 0 Å². The first-order valence-corrected chi connectivity index (χ1v) is 9.41. The Morgan fingerprint density at radius 1 is 1.16 bits per heavy atom. The molecule has 1 atom stereocenters. The first kappa shape index (κ1) is 18.1. The normalized spacial score (nSPS) is 21.6. The Morgan fingerprint density at radius 3 is 2.56 bits per heavy atom. The van der Waals surface area contributed by atoms with Crippen molar-refractivity contribution in [2.24, 2.45) is 0 Å². The average molecular weight is 342 g/mol. The van der Waals surface area contributed by atoms with Crippen molar-refractivity contribution in [2.45, 2.75) is 56.7 Å². The smallest absolute Gasteiger partial charge is 0.225 e. The van der Waals surface area contributed by atoms with Crippen LogP contribution in [-0.2, 0) is 6.54 Å². The highest BCUT2D eigenvalue weighted by Crippen LogP contribution is 2.33. The van der Waals surface area contributed by atoms with Crippen molar-refractivity contribution >= 4 is 5.95 Å². The number of hydrogen-bond donors (Lipinski definition) is 1. The molecule has 1 aromatic heterocycles. The third kappa shape index (κ3) is 4.10. The highest BCUT2D eigenvalue weighted by molar-refractivity contribution is 5.31. The minimum atomic E-state index is -0.787. The lowest BCUT2D eigenvalue weighted by molar-refractivity contribution is -0.0314. The first-order chi connectivity index (χ1) is 12.2. The van der Waals surface area contributed by atoms with Crippen molar-refractivity contribution < 1.29 is 5.11 Å². The number of hydrogen-bond acceptors (Lipinski definition) is 5. The molecule has 0 saturated carbocycles. The molecule has 136 valence electrons. The molecule has 2 aliphatic rings. The highest BCUT2D eigenvalue weighted by atomic mass is 16.3. The second-order valence-electron chi connectivity index (χ2n) is 7.26. The zero-order valence-electron chi connectivity index (χ0n) is 15.1. The molecule has 2 aliphatic heterocycles. The number of aromatic nitrogens is 2. The lowest BCUT2D eigenvalue weighted by Crippen LogP contribution is -2.49. The quantitative estimate of drug-likeness (QED) is 0.736. The fraction of sp³-hybridized carbons (Fsp3) is 0.600. The molecular weight excluding hydrogens is 312 g/mol. The van der Waals surface area contributed by atoms with Gasteiger partial charge in [-0.15, -0.1) is 13.2 Å². The predicted molar refractivity (Wildman–Crippen MR) is 101 cm³/mol. The summed E-state index contributed by atoms with van der Waals surface area (Å²) < 4.78 is 0. The van der Waals surface area contributed by atoms with E-state index in [2.05, 4.69) is 27.9 Å². The molecule has 0 radical (unpaired) electrons. The Bertz CT molecular complexity index is 587. The number of nitrogens with zero attached hydrogens (tertiary/aromatic N) is 4. The molecule has 5 heteroatoms. The first-order valence-electron chi connectivity index (χ1n) is 9.41. The molecule has 25 heavy (non-hydrogen) atoms. The topological polar surface area (TPSA) is 52.5 Å². The summed E-state index contributed by atoms with van der Waals surface area (Å²) in [7, 11) is 0. The summed E-state index contributed by atoms with van der Waals surface area (Å²) in [6, 6.07) is 2.11. The summed E-state index contributed by atoms with van der Waals surface area (Å²) >= 11 is 0. The van der Waals surface area contributed by atoms with Crippen LogP contribution in [0.1, 0.15) is 44.2 Å². The van der Waals surface area contributed by atoms with E-state index < -0.39 is 5.60 Å². The third-order valence-electron chi connectivity index (χ3n) is 5.43. The summed E-state index contributed by atoms with van der Waals surface area (Å²) in [5.41, 5.74) is 0.244. The largest absolute Gasteiger partial charge is 0.388 e. The number of rotatable bonds is 8. The van der Waals surface area contributed by atoms with Crippen LogP contribution < -0.4 is 4.90 Å². The highest BCUT2D eigenvalue weighted by Gasteiger charge is 2.41. The zero-order valence-corrected chi connectivity index (χ0v) is 15.1. The molecule has 2 fully saturated rings. The SMILES string of the molecule is C=CCC(O)(CC=C)[C@H]1CCCN1Cc1ccnc(N2CCCC2)n1. The van der Waals surface area contributed by atoms with E-state index in [0.29, 0.717) is 12.8 Å². The van der Waals surface area contributed by atoms with Crippen molar-refractivity contribution in [3.05, 3.63) is 43.3 Å². The molecule has 3 rings (SSSR count). The van der Waals surface area contributed by atoms with Gasteiger partial charge in [0.05, 0.1) is 11.3 Å². The van der Waals surface area contributed by atoms with Crippen LogP contribution in [0.25, 0.3) is 0 Å². The van der Waals surface area contributed by atoms with Gasteiger partial charge >= 0.3 is 0 Å². The van der Waals surface area contributed by atoms with E-state index in [4.69, 9.17) is 4.98 Å². The Balaban J connectivity index is 1.73. The van der Waals surface area contributed by atoms with Crippen LogP contribution in [-0.4, -0.2) is 51.3 Å². The van der Waals surface area contributed by atoms with Gasteiger partial charge in [-0.3, -0.25) is 4.90 Å². The minimum absolute atomic E-state index is 0.119. The Labute approximate surface area is 151 Å². The molecule has 0 amide bonds. The molecule has 0 bridgehead atoms. The van der Waals surface area contributed by atoms with Crippen molar-refractivity contribution in [3.8, 4) is 0 Å². The second-order valence-corrected chi connectivity index (χ2v) is 7.26. The van der Waals surface area contributed by atoms with E-state index in [1.165, 1.54) is 12.8 Å². The van der Waals surface area contributed by atoms with Crippen LogP contribution >= 0.6 is 0 Å². The van der Waals surface area contributed by atoms with Gasteiger partial charge in [0.2, 0.25) is 5.95 Å². The molecule has 1 aromatic rings. The number of anilines is 1. The molecule has 2 saturated heterocycles. The van der Waals surface area contributed by atoms with Gasteiger partial charge in [-0.05, 0) is 51.1 Å². The summed E-state index contributed by atoms with van der Waals surface area (Å²) in [5.74, 6) is 0.846. The van der Waals surface area contributed by atoms with Crippen molar-refractivity contribution in [1.82, 2.24) is 14.9 Å². The van der Waals surface area contributed by atoms with Crippen molar-refractivity contribution in [1.29, 1.82) is 0 Å². The van der Waals surface area contributed by atoms with Gasteiger partial charge in [0, 0.05) is 31.9 Å². The molecular formula is C20H30N4O. The molecule has 0 unspecified atom stereocenters. The van der Waals surface area contributed by atoms with Crippen molar-refractivity contribution in [2.75, 3.05) is 24.5 Å². The van der Waals surface area contributed by atoms with E-state index in [9.17, 15) is 5.11 Å². The van der Waals surface area contributed by atoms with Crippen LogP contribution in [0.3, 0.4) is 0 Å². The van der Waals surface area contributed by atoms with E-state index in [1.54, 1.807) is 0 Å². The van der Waals surface area contributed by atoms with Crippen LogP contribution in [0.15, 0.2) is 37.6 Å². The summed E-state index contributed by atoms with van der Waals surface area (Å²) in [4.78, 5) is 13.8. The Hall–Kier alpha value is -1.72. The zero-order chi connectivity index (χ0) is 17.7. The maximum absolute atomic E-state index is 11.2. The molecule has 3 heterocycles. The molecule has 5 nitrogen and oxygen atoms in total. The molecule has 1 N–H and O–H groups in total. The number of likely N-dealkylation sites (tertiary alicyclic amines) is 1. The lowest BCUT2D eigenvalue weighted by atomic mass is 9.85. The van der Waals surface area contributed by atoms with Gasteiger partial charge < -0.3 is 10.0 Å². The van der Waals surface area contributed by atoms with Crippen LogP contribution in [0.2, 0.25) is 0 Å². The fourth-order valence-electron chi connectivity index (χ4n) is 4.23. The predicted octanol–water partition coefficient (Wildman–Crippen LogP) is 2.92. The summed E-state index contributed by atoms with van der Waals surface area (Å²) in [6.45, 7) is 11.5. The monoisotopic (exact) mass is 342 g/mol. The van der Waals surface area contributed by atoms with Gasteiger partial charge in [0.15, 0.2) is 0 Å². The van der Waals surface area contributed by atoms with E-state index in [0.717, 1.165) is 50.7 Å². The molecule has 0 aliphatic carbocycles. The molecule has 0 spiro atoms. The van der Waals surface area contributed by atoms with Crippen LogP contribution in [0.5, 0.6) is 0 Å². The average Bonchev–Trinajstić information content (AvgIpc) is 3.27. The van der Waals surface area contributed by atoms with Gasteiger partial charge in [-0.2, -0.15) is 0 Å². The fourth-order valence-corrected chi connectivity index (χ4v) is 4.23. The lowest BCUT2D eigenvalue weighted by Gasteiger charge is -2.38. The summed E-state index contributed by atoms with van der Waals surface area (Å²) in [5, 5.41) is 11.2. The van der Waals surface area contributed by atoms with Crippen molar-refractivity contribution in [3.63, 3.8) is 0 Å². The minimum Gasteiger partial charge on any atom is -0.388 e. The third-order valence-corrected chi connectivity index (χ3v) is 5.43. The van der Waals surface area contributed by atoms with E-state index in [1.807, 2.05) is 24.4 Å². The van der Waals surface area contributed by atoms with Gasteiger partial charge in [0.1, 0.15) is 0 Å². The van der Waals surface area contributed by atoms with Gasteiger partial charge in [-0.25, -0.2) is 9.97 Å². The van der Waals surface area contributed by atoms with Gasteiger partial charge in [-0.1, -0.05) is 12.2 Å². The maximum Gasteiger partial charge on any atom is 0.225 e. The molecule has 0 aromatic carbocycles. The van der Waals surface area contributed by atoms with E-state index in [-0.39, 0.29) is 6.04 Å². The standard InChI is InChI=1S/C20H30N4O/c1-3-10-20(25,11-4-2)18-8-7-15-24(18)16-17-9-12-21-19(22-17)23-13-5-6-14-23/h3-4,9,12,18,25H,1-2,5-8,10-11,13-16H2/t18-/m1/s1. The van der Waals surface area contributed by atoms with Crippen LogP contribution in [0.4, 0.5) is 5.95 Å².